The van der Waals surface area contributed by atoms with Crippen molar-refractivity contribution in [1.82, 2.24) is 10.2 Å². The molecule has 2 aromatic rings. The van der Waals surface area contributed by atoms with Gasteiger partial charge in [-0.05, 0) is 43.7 Å². The molecule has 2 N–H and O–H groups in total. The van der Waals surface area contributed by atoms with E-state index in [9.17, 15) is 13.2 Å². The molecule has 1 amide bonds. The maximum Gasteiger partial charge on any atom is 0.251 e. The molecule has 0 bridgehead atoms. The Morgan fingerprint density at radius 1 is 1.07 bits per heavy atom. The van der Waals surface area contributed by atoms with Crippen LogP contribution in [0, 0.1) is 6.92 Å². The van der Waals surface area contributed by atoms with Gasteiger partial charge in [-0.3, -0.25) is 14.4 Å². The normalized spacial score (nSPS) is 16.2. The van der Waals surface area contributed by atoms with Crippen LogP contribution < -0.4 is 14.9 Å². The molecule has 162 valence electrons. The van der Waals surface area contributed by atoms with Gasteiger partial charge in [0.1, 0.15) is 0 Å². The maximum atomic E-state index is 12.6. The molecule has 0 saturated carbocycles. The number of sulfonamides is 1. The number of carbonyl (C=O) groups excluding carboxylic acids is 1. The van der Waals surface area contributed by atoms with Crippen LogP contribution in [-0.4, -0.2) is 64.2 Å². The molecule has 30 heavy (non-hydrogen) atoms. The zero-order valence-corrected chi connectivity index (χ0v) is 18.6. The van der Waals surface area contributed by atoms with E-state index in [4.69, 9.17) is 0 Å². The minimum atomic E-state index is -3.40. The summed E-state index contributed by atoms with van der Waals surface area (Å²) >= 11 is 0. The van der Waals surface area contributed by atoms with Crippen molar-refractivity contribution in [3.05, 3.63) is 59.7 Å². The van der Waals surface area contributed by atoms with E-state index in [1.807, 2.05) is 6.07 Å². The lowest BCUT2D eigenvalue weighted by Crippen LogP contribution is -2.52. The monoisotopic (exact) mass is 430 g/mol. The van der Waals surface area contributed by atoms with E-state index in [1.54, 1.807) is 25.1 Å². The smallest absolute Gasteiger partial charge is 0.251 e. The van der Waals surface area contributed by atoms with Crippen LogP contribution >= 0.6 is 0 Å². The van der Waals surface area contributed by atoms with Crippen molar-refractivity contribution in [3.8, 4) is 0 Å². The number of nitrogens with one attached hydrogen (secondary N) is 2. The van der Waals surface area contributed by atoms with Crippen LogP contribution in [0.1, 0.15) is 22.8 Å². The summed E-state index contributed by atoms with van der Waals surface area (Å²) < 4.78 is 25.5. The summed E-state index contributed by atoms with van der Waals surface area (Å²) in [5, 5.41) is 2.98. The first-order chi connectivity index (χ1) is 14.2. The highest BCUT2D eigenvalue weighted by Gasteiger charge is 2.22. The van der Waals surface area contributed by atoms with E-state index < -0.39 is 10.0 Å². The summed E-state index contributed by atoms with van der Waals surface area (Å²) in [5.74, 6) is -0.207. The number of hydrogen-bond donors (Lipinski definition) is 2. The second-order valence-electron chi connectivity index (χ2n) is 7.82. The largest absolute Gasteiger partial charge is 0.369 e. The van der Waals surface area contributed by atoms with E-state index >= 15 is 0 Å². The molecule has 1 atom stereocenters. The van der Waals surface area contributed by atoms with Crippen molar-refractivity contribution < 1.29 is 13.2 Å². The average molecular weight is 431 g/mol. The van der Waals surface area contributed by atoms with Gasteiger partial charge in [0, 0.05) is 50.0 Å². The van der Waals surface area contributed by atoms with Gasteiger partial charge in [-0.1, -0.05) is 24.3 Å². The number of hydrogen-bond acceptors (Lipinski definition) is 5. The lowest BCUT2D eigenvalue weighted by molar-refractivity contribution is 0.0934. The summed E-state index contributed by atoms with van der Waals surface area (Å²) in [6.07, 6.45) is 1.10. The molecule has 0 spiro atoms. The fourth-order valence-electron chi connectivity index (χ4n) is 3.60. The fraction of sp³-hybridized carbons (Fsp3) is 0.409. The zero-order valence-electron chi connectivity index (χ0n) is 17.8. The van der Waals surface area contributed by atoms with Gasteiger partial charge in [0.25, 0.3) is 5.91 Å². The van der Waals surface area contributed by atoms with Crippen LogP contribution in [-0.2, 0) is 10.0 Å². The molecule has 1 aliphatic rings. The molecule has 1 aliphatic heterocycles. The minimum Gasteiger partial charge on any atom is -0.369 e. The molecule has 8 heteroatoms. The van der Waals surface area contributed by atoms with Crippen LogP contribution in [0.4, 0.5) is 11.4 Å². The number of para-hydroxylation sites is 1. The van der Waals surface area contributed by atoms with Crippen molar-refractivity contribution in [3.63, 3.8) is 0 Å². The molecule has 1 fully saturated rings. The van der Waals surface area contributed by atoms with E-state index in [1.165, 1.54) is 5.69 Å². The minimum absolute atomic E-state index is 0.207. The number of anilines is 2. The number of nitrogens with zero attached hydrogens (tertiary/aromatic N) is 2. The second kappa shape index (κ2) is 9.49. The predicted octanol–water partition coefficient (Wildman–Crippen LogP) is 2.31. The quantitative estimate of drug-likeness (QED) is 0.705. The Hall–Kier alpha value is -2.58. The highest BCUT2D eigenvalue weighted by Crippen LogP contribution is 2.19. The van der Waals surface area contributed by atoms with E-state index in [-0.39, 0.29) is 11.9 Å². The number of amides is 1. The molecule has 7 nitrogen and oxygen atoms in total. The predicted molar refractivity (Wildman–Crippen MR) is 122 cm³/mol. The summed E-state index contributed by atoms with van der Waals surface area (Å²) in [5.41, 5.74) is 2.88. The first kappa shape index (κ1) is 22.1. The van der Waals surface area contributed by atoms with Crippen LogP contribution in [0.3, 0.4) is 0 Å². The van der Waals surface area contributed by atoms with Crippen LogP contribution in [0.5, 0.6) is 0 Å². The van der Waals surface area contributed by atoms with Gasteiger partial charge >= 0.3 is 0 Å². The molecular formula is C22H30N4O3S. The Bertz CT molecular complexity index is 971. The molecular weight excluding hydrogens is 400 g/mol. The molecule has 0 aromatic heterocycles. The first-order valence-electron chi connectivity index (χ1n) is 10.1. The van der Waals surface area contributed by atoms with E-state index in [0.29, 0.717) is 17.8 Å². The van der Waals surface area contributed by atoms with Crippen LogP contribution in [0.2, 0.25) is 0 Å². The van der Waals surface area contributed by atoms with Crippen molar-refractivity contribution in [2.45, 2.75) is 19.9 Å². The average Bonchev–Trinajstić information content (AvgIpc) is 2.73. The lowest BCUT2D eigenvalue weighted by atomic mass is 10.1. The SMILES string of the molecule is Cc1ccc(C(=O)NCC(C)N2CCN(c3ccccc3)CC2)cc1NS(C)(=O)=O. The van der Waals surface area contributed by atoms with Gasteiger partial charge in [0.05, 0.1) is 11.9 Å². The van der Waals surface area contributed by atoms with Crippen LogP contribution in [0.15, 0.2) is 48.5 Å². The third kappa shape index (κ3) is 5.96. The standard InChI is InChI=1S/C22H30N4O3S/c1-17-9-10-19(15-21(17)24-30(3,28)29)22(27)23-16-18(2)25-11-13-26(14-12-25)20-7-5-4-6-8-20/h4-10,15,18,24H,11-14,16H2,1-3H3,(H,23,27). The molecule has 2 aromatic carbocycles. The van der Waals surface area contributed by atoms with Gasteiger partial charge in [-0.15, -0.1) is 0 Å². The van der Waals surface area contributed by atoms with Gasteiger partial charge in [-0.25, -0.2) is 8.42 Å². The van der Waals surface area contributed by atoms with Crippen molar-refractivity contribution in [2.24, 2.45) is 0 Å². The van der Waals surface area contributed by atoms with E-state index in [2.05, 4.69) is 51.0 Å². The lowest BCUT2D eigenvalue weighted by Gasteiger charge is -2.39. The highest BCUT2D eigenvalue weighted by atomic mass is 32.2. The number of aryl methyl sites for hydroxylation is 1. The second-order valence-corrected chi connectivity index (χ2v) is 9.57. The third-order valence-corrected chi connectivity index (χ3v) is 6.00. The van der Waals surface area contributed by atoms with Gasteiger partial charge in [-0.2, -0.15) is 0 Å². The number of rotatable bonds is 7. The Kier molecular flexibility index (Phi) is 6.99. The molecule has 0 radical (unpaired) electrons. The molecule has 1 unspecified atom stereocenters. The molecule has 0 aliphatic carbocycles. The van der Waals surface area contributed by atoms with Crippen molar-refractivity contribution in [2.75, 3.05) is 48.6 Å². The molecule has 1 heterocycles. The first-order valence-corrected chi connectivity index (χ1v) is 12.0. The zero-order chi connectivity index (χ0) is 21.7. The van der Waals surface area contributed by atoms with Gasteiger partial charge in [0.2, 0.25) is 10.0 Å². The topological polar surface area (TPSA) is 81.8 Å². The van der Waals surface area contributed by atoms with Gasteiger partial charge < -0.3 is 10.2 Å². The summed E-state index contributed by atoms with van der Waals surface area (Å²) in [6.45, 7) is 8.25. The third-order valence-electron chi connectivity index (χ3n) is 5.41. The summed E-state index contributed by atoms with van der Waals surface area (Å²) in [6, 6.07) is 15.7. The summed E-state index contributed by atoms with van der Waals surface area (Å²) in [4.78, 5) is 17.3. The molecule has 3 rings (SSSR count). The molecule has 1 saturated heterocycles. The van der Waals surface area contributed by atoms with Gasteiger partial charge in [0.15, 0.2) is 0 Å². The van der Waals surface area contributed by atoms with Crippen molar-refractivity contribution >= 4 is 27.3 Å². The van der Waals surface area contributed by atoms with Crippen molar-refractivity contribution in [1.29, 1.82) is 0 Å². The number of benzene rings is 2. The Morgan fingerprint density at radius 3 is 2.37 bits per heavy atom. The number of piperazine rings is 1. The fourth-order valence-corrected chi connectivity index (χ4v) is 4.22. The number of carbonyl (C=O) groups is 1. The highest BCUT2D eigenvalue weighted by molar-refractivity contribution is 7.92. The summed E-state index contributed by atoms with van der Waals surface area (Å²) in [7, 11) is -3.40. The van der Waals surface area contributed by atoms with E-state index in [0.717, 1.165) is 38.0 Å². The Balaban J connectivity index is 1.52. The maximum absolute atomic E-state index is 12.6. The van der Waals surface area contributed by atoms with Crippen LogP contribution in [0.25, 0.3) is 0 Å². The Labute approximate surface area is 179 Å². The Morgan fingerprint density at radius 2 is 1.73 bits per heavy atom.